The van der Waals surface area contributed by atoms with Crippen LogP contribution in [-0.4, -0.2) is 40.9 Å². The molecule has 1 saturated carbocycles. The van der Waals surface area contributed by atoms with Gasteiger partial charge in [0.1, 0.15) is 17.5 Å². The lowest BCUT2D eigenvalue weighted by Crippen LogP contribution is -2.35. The fourth-order valence-corrected chi connectivity index (χ4v) is 1.53. The van der Waals surface area contributed by atoms with E-state index in [2.05, 4.69) is 20.6 Å². The minimum Gasteiger partial charge on any atom is -0.382 e. The lowest BCUT2D eigenvalue weighted by molar-refractivity contribution is -0.198. The third kappa shape index (κ3) is 3.69. The maximum absolute atomic E-state index is 12.2. The van der Waals surface area contributed by atoms with Crippen molar-refractivity contribution in [1.29, 1.82) is 0 Å². The van der Waals surface area contributed by atoms with Crippen LogP contribution in [0.4, 0.5) is 24.8 Å². The summed E-state index contributed by atoms with van der Waals surface area (Å²) in [4.78, 5) is 8.40. The minimum atomic E-state index is -4.63. The van der Waals surface area contributed by atoms with Crippen LogP contribution in [0.2, 0.25) is 0 Å². The van der Waals surface area contributed by atoms with Gasteiger partial charge in [-0.05, 0) is 12.8 Å². The summed E-state index contributed by atoms with van der Waals surface area (Å²) in [6.45, 7) is -0.631. The first-order chi connectivity index (χ1) is 8.90. The van der Waals surface area contributed by atoms with Crippen molar-refractivity contribution in [3.63, 3.8) is 0 Å². The van der Waals surface area contributed by atoms with Crippen molar-refractivity contribution in [2.75, 3.05) is 24.2 Å². The van der Waals surface area contributed by atoms with Crippen LogP contribution in [0.15, 0.2) is 6.07 Å². The van der Waals surface area contributed by atoms with Crippen LogP contribution in [0.3, 0.4) is 0 Å². The number of halogens is 3. The van der Waals surface area contributed by atoms with E-state index in [0.717, 1.165) is 12.8 Å². The fourth-order valence-electron chi connectivity index (χ4n) is 1.53. The lowest BCUT2D eigenvalue weighted by atomic mass is 10.3. The average Bonchev–Trinajstić information content (AvgIpc) is 3.18. The molecule has 0 aromatic carbocycles. The number of hydrogen-bond acceptors (Lipinski definition) is 5. The topological polar surface area (TPSA) is 70.1 Å². The van der Waals surface area contributed by atoms with Crippen molar-refractivity contribution in [3.8, 4) is 0 Å². The molecule has 0 aliphatic heterocycles. The Hall–Kier alpha value is -1.57. The number of hydrogen-bond donors (Lipinski definition) is 3. The molecule has 3 N–H and O–H groups in total. The molecule has 0 spiro atoms. The van der Waals surface area contributed by atoms with E-state index >= 15 is 0 Å². The van der Waals surface area contributed by atoms with Gasteiger partial charge in [0, 0.05) is 19.0 Å². The van der Waals surface area contributed by atoms with Crippen LogP contribution in [0.25, 0.3) is 0 Å². The highest BCUT2D eigenvalue weighted by atomic mass is 19.4. The standard InChI is InChI=1S/C11H15F3N4O/c1-15-8-4-9(16-5-7(19)11(12,13)14)18-10(17-8)6-2-3-6/h4,6-7,19H,2-3,5H2,1H3,(H2,15,16,17,18). The molecule has 0 saturated heterocycles. The van der Waals surface area contributed by atoms with Gasteiger partial charge in [-0.2, -0.15) is 13.2 Å². The van der Waals surface area contributed by atoms with Crippen LogP contribution >= 0.6 is 0 Å². The van der Waals surface area contributed by atoms with E-state index in [0.29, 0.717) is 17.6 Å². The number of nitrogens with zero attached hydrogens (tertiary/aromatic N) is 2. The maximum atomic E-state index is 12.2. The molecule has 1 unspecified atom stereocenters. The number of alkyl halides is 3. The third-order valence-electron chi connectivity index (χ3n) is 2.80. The fraction of sp³-hybridized carbons (Fsp3) is 0.636. The molecular formula is C11H15F3N4O. The van der Waals surface area contributed by atoms with Gasteiger partial charge in [-0.3, -0.25) is 0 Å². The molecule has 1 atom stereocenters. The van der Waals surface area contributed by atoms with Gasteiger partial charge in [0.2, 0.25) is 0 Å². The molecule has 0 radical (unpaired) electrons. The van der Waals surface area contributed by atoms with Crippen molar-refractivity contribution in [2.24, 2.45) is 0 Å². The number of aromatic nitrogens is 2. The van der Waals surface area contributed by atoms with Crippen LogP contribution in [-0.2, 0) is 0 Å². The van der Waals surface area contributed by atoms with Crippen LogP contribution < -0.4 is 10.6 Å². The summed E-state index contributed by atoms with van der Waals surface area (Å²) in [5.74, 6) is 1.74. The molecule has 1 aliphatic carbocycles. The van der Waals surface area contributed by atoms with E-state index in [4.69, 9.17) is 5.11 Å². The van der Waals surface area contributed by atoms with Crippen molar-refractivity contribution in [3.05, 3.63) is 11.9 Å². The first-order valence-electron chi connectivity index (χ1n) is 5.95. The Kier molecular flexibility index (Phi) is 3.79. The monoisotopic (exact) mass is 276 g/mol. The first-order valence-corrected chi connectivity index (χ1v) is 5.95. The molecule has 106 valence electrons. The summed E-state index contributed by atoms with van der Waals surface area (Å²) in [7, 11) is 1.67. The first kappa shape index (κ1) is 13.9. The molecular weight excluding hydrogens is 261 g/mol. The number of aliphatic hydroxyl groups excluding tert-OH is 1. The molecule has 1 aromatic rings. The predicted octanol–water partition coefficient (Wildman–Crippen LogP) is 1.73. The van der Waals surface area contributed by atoms with Crippen LogP contribution in [0.5, 0.6) is 0 Å². The summed E-state index contributed by atoms with van der Waals surface area (Å²) in [6, 6.07) is 1.51. The summed E-state index contributed by atoms with van der Waals surface area (Å²) in [5, 5.41) is 14.2. The van der Waals surface area contributed by atoms with E-state index in [9.17, 15) is 13.2 Å². The average molecular weight is 276 g/mol. The summed E-state index contributed by atoms with van der Waals surface area (Å²) in [6.07, 6.45) is -5.05. The molecule has 5 nitrogen and oxygen atoms in total. The summed E-state index contributed by atoms with van der Waals surface area (Å²) >= 11 is 0. The van der Waals surface area contributed by atoms with Gasteiger partial charge in [-0.15, -0.1) is 0 Å². The Balaban J connectivity index is 2.05. The van der Waals surface area contributed by atoms with Gasteiger partial charge in [0.05, 0.1) is 6.54 Å². The molecule has 1 heterocycles. The molecule has 1 fully saturated rings. The van der Waals surface area contributed by atoms with Gasteiger partial charge in [0.25, 0.3) is 0 Å². The highest BCUT2D eigenvalue weighted by molar-refractivity contribution is 5.47. The van der Waals surface area contributed by atoms with Gasteiger partial charge in [0.15, 0.2) is 6.10 Å². The quantitative estimate of drug-likeness (QED) is 0.764. The molecule has 8 heteroatoms. The van der Waals surface area contributed by atoms with Crippen molar-refractivity contribution in [1.82, 2.24) is 9.97 Å². The second-order valence-electron chi connectivity index (χ2n) is 4.46. The second kappa shape index (κ2) is 5.20. The molecule has 0 bridgehead atoms. The Morgan fingerprint density at radius 2 is 2.00 bits per heavy atom. The van der Waals surface area contributed by atoms with Crippen molar-refractivity contribution < 1.29 is 18.3 Å². The van der Waals surface area contributed by atoms with E-state index in [1.54, 1.807) is 7.05 Å². The smallest absolute Gasteiger partial charge is 0.382 e. The van der Waals surface area contributed by atoms with Crippen LogP contribution in [0.1, 0.15) is 24.6 Å². The van der Waals surface area contributed by atoms with Gasteiger partial charge >= 0.3 is 6.18 Å². The maximum Gasteiger partial charge on any atom is 0.416 e. The number of aliphatic hydroxyl groups is 1. The zero-order valence-corrected chi connectivity index (χ0v) is 10.3. The molecule has 1 aliphatic rings. The minimum absolute atomic E-state index is 0.282. The second-order valence-corrected chi connectivity index (χ2v) is 4.46. The van der Waals surface area contributed by atoms with E-state index in [1.807, 2.05) is 0 Å². The molecule has 0 amide bonds. The Labute approximate surface area is 108 Å². The van der Waals surface area contributed by atoms with E-state index in [1.165, 1.54) is 6.07 Å². The van der Waals surface area contributed by atoms with Crippen molar-refractivity contribution >= 4 is 11.6 Å². The Morgan fingerprint density at radius 1 is 1.37 bits per heavy atom. The number of nitrogens with one attached hydrogen (secondary N) is 2. The highest BCUT2D eigenvalue weighted by Gasteiger charge is 2.38. The molecule has 1 aromatic heterocycles. The highest BCUT2D eigenvalue weighted by Crippen LogP contribution is 2.38. The lowest BCUT2D eigenvalue weighted by Gasteiger charge is -2.16. The zero-order chi connectivity index (χ0) is 14.0. The van der Waals surface area contributed by atoms with E-state index < -0.39 is 18.8 Å². The summed E-state index contributed by atoms with van der Waals surface area (Å²) in [5.41, 5.74) is 0. The Morgan fingerprint density at radius 3 is 2.53 bits per heavy atom. The van der Waals surface area contributed by atoms with E-state index in [-0.39, 0.29) is 5.82 Å². The zero-order valence-electron chi connectivity index (χ0n) is 10.3. The van der Waals surface area contributed by atoms with Crippen LogP contribution in [0, 0.1) is 0 Å². The molecule has 19 heavy (non-hydrogen) atoms. The van der Waals surface area contributed by atoms with Gasteiger partial charge < -0.3 is 15.7 Å². The largest absolute Gasteiger partial charge is 0.416 e. The SMILES string of the molecule is CNc1cc(NCC(O)C(F)(F)F)nc(C2CC2)n1. The number of anilines is 2. The molecule has 2 rings (SSSR count). The Bertz CT molecular complexity index is 448. The number of rotatable bonds is 5. The van der Waals surface area contributed by atoms with Gasteiger partial charge in [-0.25, -0.2) is 9.97 Å². The normalized spacial score (nSPS) is 17.1. The van der Waals surface area contributed by atoms with Crippen molar-refractivity contribution in [2.45, 2.75) is 31.0 Å². The third-order valence-corrected chi connectivity index (χ3v) is 2.80. The van der Waals surface area contributed by atoms with Gasteiger partial charge in [-0.1, -0.05) is 0 Å². The summed E-state index contributed by atoms with van der Waals surface area (Å²) < 4.78 is 36.5. The predicted molar refractivity (Wildman–Crippen MR) is 64.1 cm³/mol.